The second-order valence-electron chi connectivity index (χ2n) is 5.19. The van der Waals surface area contributed by atoms with Gasteiger partial charge in [0.25, 0.3) is 0 Å². The maximum atomic E-state index is 4.12. The molecule has 0 aromatic carbocycles. The van der Waals surface area contributed by atoms with Crippen LogP contribution in [0.15, 0.2) is 60.5 Å². The summed E-state index contributed by atoms with van der Waals surface area (Å²) in [6, 6.07) is 10.6. The van der Waals surface area contributed by atoms with Crippen molar-refractivity contribution < 1.29 is 0 Å². The number of aromatic nitrogens is 2. The highest BCUT2D eigenvalue weighted by molar-refractivity contribution is 7.39. The lowest BCUT2D eigenvalue weighted by Crippen LogP contribution is -1.73. The van der Waals surface area contributed by atoms with Crippen LogP contribution in [-0.2, 0) is 0 Å². The van der Waals surface area contributed by atoms with Gasteiger partial charge in [-0.1, -0.05) is 0 Å². The molecule has 110 valence electrons. The Hall–Kier alpha value is -2.08. The zero-order valence-corrected chi connectivity index (χ0v) is 14.3. The molecule has 0 fully saturated rings. The van der Waals surface area contributed by atoms with Crippen molar-refractivity contribution in [2.24, 2.45) is 0 Å². The highest BCUT2D eigenvalue weighted by Gasteiger charge is 2.15. The summed E-state index contributed by atoms with van der Waals surface area (Å²) in [7, 11) is 0. The minimum Gasteiger partial charge on any atom is -0.265 e. The molecule has 0 amide bonds. The molecule has 0 aliphatic carbocycles. The first-order chi connectivity index (χ1) is 11.4. The van der Waals surface area contributed by atoms with Crippen LogP contribution in [0.2, 0.25) is 0 Å². The summed E-state index contributed by atoms with van der Waals surface area (Å²) >= 11 is 5.61. The van der Waals surface area contributed by atoms with E-state index in [1.165, 1.54) is 40.4 Å². The summed E-state index contributed by atoms with van der Waals surface area (Å²) < 4.78 is 5.58. The zero-order valence-electron chi connectivity index (χ0n) is 11.9. The molecule has 0 saturated carbocycles. The lowest BCUT2D eigenvalue weighted by Gasteiger charge is -1.96. The fourth-order valence-electron chi connectivity index (χ4n) is 2.71. The summed E-state index contributed by atoms with van der Waals surface area (Å²) in [5.74, 6) is 0. The Morgan fingerprint density at radius 1 is 0.696 bits per heavy atom. The van der Waals surface area contributed by atoms with Crippen molar-refractivity contribution in [2.45, 2.75) is 0 Å². The molecule has 23 heavy (non-hydrogen) atoms. The minimum absolute atomic E-state index is 1.24. The molecule has 0 saturated heterocycles. The van der Waals surface area contributed by atoms with Gasteiger partial charge in [0.2, 0.25) is 0 Å². The van der Waals surface area contributed by atoms with Crippen molar-refractivity contribution in [1.29, 1.82) is 0 Å². The Labute approximate surface area is 144 Å². The van der Waals surface area contributed by atoms with E-state index in [9.17, 15) is 0 Å². The fourth-order valence-corrected chi connectivity index (χ4v) is 6.78. The quantitative estimate of drug-likeness (QED) is 0.373. The van der Waals surface area contributed by atoms with Gasteiger partial charge in [0, 0.05) is 45.3 Å². The molecular formula is C18H10N2S3. The molecule has 0 radical (unpaired) electrons. The van der Waals surface area contributed by atoms with Gasteiger partial charge in [-0.3, -0.25) is 9.97 Å². The van der Waals surface area contributed by atoms with E-state index in [0.29, 0.717) is 0 Å². The third-order valence-corrected chi connectivity index (χ3v) is 7.57. The van der Waals surface area contributed by atoms with E-state index >= 15 is 0 Å². The molecule has 0 aliphatic rings. The van der Waals surface area contributed by atoms with E-state index < -0.39 is 0 Å². The summed E-state index contributed by atoms with van der Waals surface area (Å²) in [5.41, 5.74) is 3.81. The summed E-state index contributed by atoms with van der Waals surface area (Å²) in [4.78, 5) is 9.53. The van der Waals surface area contributed by atoms with Gasteiger partial charge in [-0.15, -0.1) is 34.0 Å². The number of pyridine rings is 2. The van der Waals surface area contributed by atoms with Crippen LogP contribution in [0.25, 0.3) is 40.4 Å². The van der Waals surface area contributed by atoms with Crippen molar-refractivity contribution >= 4 is 52.8 Å². The first-order valence-corrected chi connectivity index (χ1v) is 9.66. The SMILES string of the molecule is c1cc(-c2cc3sc4c(-c5ccncc5)csc4c3s2)ccn1. The molecule has 5 heterocycles. The van der Waals surface area contributed by atoms with Gasteiger partial charge in [-0.05, 0) is 41.5 Å². The largest absolute Gasteiger partial charge is 0.265 e. The van der Waals surface area contributed by atoms with Gasteiger partial charge < -0.3 is 0 Å². The first-order valence-electron chi connectivity index (χ1n) is 7.14. The van der Waals surface area contributed by atoms with Gasteiger partial charge in [-0.2, -0.15) is 0 Å². The Kier molecular flexibility index (Phi) is 3.04. The molecule has 5 aromatic heterocycles. The Morgan fingerprint density at radius 3 is 2.13 bits per heavy atom. The maximum Gasteiger partial charge on any atom is 0.0636 e. The third kappa shape index (κ3) is 2.12. The lowest BCUT2D eigenvalue weighted by molar-refractivity contribution is 1.33. The van der Waals surface area contributed by atoms with Crippen LogP contribution < -0.4 is 0 Å². The molecule has 5 rings (SSSR count). The Bertz CT molecular complexity index is 1100. The van der Waals surface area contributed by atoms with Crippen molar-refractivity contribution in [2.75, 3.05) is 0 Å². The first kappa shape index (κ1) is 13.4. The van der Waals surface area contributed by atoms with E-state index in [1.807, 2.05) is 58.8 Å². The number of rotatable bonds is 2. The summed E-state index contributed by atoms with van der Waals surface area (Å²) in [6.07, 6.45) is 7.42. The van der Waals surface area contributed by atoms with Crippen LogP contribution in [-0.4, -0.2) is 9.97 Å². The van der Waals surface area contributed by atoms with Crippen LogP contribution in [0.3, 0.4) is 0 Å². The monoisotopic (exact) mass is 350 g/mol. The highest BCUT2D eigenvalue weighted by Crippen LogP contribution is 2.48. The van der Waals surface area contributed by atoms with Crippen LogP contribution in [0.5, 0.6) is 0 Å². The molecule has 0 N–H and O–H groups in total. The number of hydrogen-bond acceptors (Lipinski definition) is 5. The molecule has 0 bridgehead atoms. The van der Waals surface area contributed by atoms with Gasteiger partial charge in [0.1, 0.15) is 0 Å². The van der Waals surface area contributed by atoms with Crippen molar-refractivity contribution in [3.8, 4) is 21.6 Å². The number of hydrogen-bond donors (Lipinski definition) is 0. The summed E-state index contributed by atoms with van der Waals surface area (Å²) in [6.45, 7) is 0. The molecule has 0 spiro atoms. The van der Waals surface area contributed by atoms with Gasteiger partial charge in [0.05, 0.1) is 14.1 Å². The predicted molar refractivity (Wildman–Crippen MR) is 102 cm³/mol. The standard InChI is InChI=1S/C18H10N2S3/c1-5-19-6-2-11(1)13-10-21-18-16(13)23-15-9-14(22-17(15)18)12-3-7-20-8-4-12/h1-10H. The van der Waals surface area contributed by atoms with Crippen molar-refractivity contribution in [3.05, 3.63) is 60.5 Å². The minimum atomic E-state index is 1.24. The second kappa shape index (κ2) is 5.23. The molecule has 0 unspecified atom stereocenters. The van der Waals surface area contributed by atoms with E-state index in [0.717, 1.165) is 0 Å². The van der Waals surface area contributed by atoms with Crippen LogP contribution in [0, 0.1) is 0 Å². The van der Waals surface area contributed by atoms with Gasteiger partial charge in [-0.25, -0.2) is 0 Å². The number of nitrogens with zero attached hydrogens (tertiary/aromatic N) is 2. The Morgan fingerprint density at radius 2 is 1.39 bits per heavy atom. The topological polar surface area (TPSA) is 25.8 Å². The second-order valence-corrected chi connectivity index (χ2v) is 8.17. The van der Waals surface area contributed by atoms with E-state index in [4.69, 9.17) is 0 Å². The zero-order chi connectivity index (χ0) is 15.2. The fraction of sp³-hybridized carbons (Fsp3) is 0. The van der Waals surface area contributed by atoms with Crippen LogP contribution >= 0.6 is 34.0 Å². The summed E-state index contributed by atoms with van der Waals surface area (Å²) in [5, 5.41) is 2.27. The molecular weight excluding hydrogens is 340 g/mol. The average molecular weight is 350 g/mol. The van der Waals surface area contributed by atoms with Gasteiger partial charge in [0.15, 0.2) is 0 Å². The molecule has 5 aromatic rings. The molecule has 2 nitrogen and oxygen atoms in total. The number of fused-ring (bicyclic) bond motifs is 3. The van der Waals surface area contributed by atoms with Crippen LogP contribution in [0.4, 0.5) is 0 Å². The van der Waals surface area contributed by atoms with Crippen molar-refractivity contribution in [1.82, 2.24) is 9.97 Å². The molecule has 0 atom stereocenters. The predicted octanol–water partition coefficient (Wildman–Crippen LogP) is 6.30. The van der Waals surface area contributed by atoms with E-state index in [-0.39, 0.29) is 0 Å². The molecule has 0 aliphatic heterocycles. The average Bonchev–Trinajstić information content (AvgIpc) is 3.27. The molecule has 5 heteroatoms. The Balaban J connectivity index is 1.71. The lowest BCUT2D eigenvalue weighted by atomic mass is 10.1. The normalized spacial score (nSPS) is 11.5. The van der Waals surface area contributed by atoms with Crippen molar-refractivity contribution in [3.63, 3.8) is 0 Å². The van der Waals surface area contributed by atoms with E-state index in [1.54, 1.807) is 0 Å². The maximum absolute atomic E-state index is 4.12. The van der Waals surface area contributed by atoms with E-state index in [2.05, 4.69) is 45.7 Å². The highest BCUT2D eigenvalue weighted by atomic mass is 32.1. The van der Waals surface area contributed by atoms with Crippen LogP contribution in [0.1, 0.15) is 0 Å². The number of thiophene rings is 3. The smallest absolute Gasteiger partial charge is 0.0636 e. The van der Waals surface area contributed by atoms with Gasteiger partial charge >= 0.3 is 0 Å². The third-order valence-electron chi connectivity index (χ3n) is 3.82.